The van der Waals surface area contributed by atoms with Crippen LogP contribution in [0.15, 0.2) is 58.3 Å². The molecule has 0 amide bonds. The summed E-state index contributed by atoms with van der Waals surface area (Å²) in [6, 6.07) is 13.8. The summed E-state index contributed by atoms with van der Waals surface area (Å²) in [7, 11) is 0. The fourth-order valence-electron chi connectivity index (χ4n) is 1.61. The number of aliphatic carboxylic acids is 1. The molecule has 0 heterocycles. The molecule has 20 heavy (non-hydrogen) atoms. The van der Waals surface area contributed by atoms with Crippen molar-refractivity contribution in [2.45, 2.75) is 16.7 Å². The van der Waals surface area contributed by atoms with Gasteiger partial charge in [0.15, 0.2) is 0 Å². The van der Waals surface area contributed by atoms with Crippen molar-refractivity contribution < 1.29 is 9.90 Å². The van der Waals surface area contributed by atoms with E-state index in [0.717, 1.165) is 15.9 Å². The second kappa shape index (κ2) is 6.64. The number of carboxylic acids is 1. The Morgan fingerprint density at radius 2 is 1.80 bits per heavy atom. The third-order valence-electron chi connectivity index (χ3n) is 2.63. The van der Waals surface area contributed by atoms with Gasteiger partial charge in [-0.3, -0.25) is 0 Å². The fraction of sp³-hybridized carbons (Fsp3) is 0.0625. The summed E-state index contributed by atoms with van der Waals surface area (Å²) in [5, 5.41) is 9.14. The summed E-state index contributed by atoms with van der Waals surface area (Å²) < 4.78 is 0. The van der Waals surface area contributed by atoms with Gasteiger partial charge in [0.1, 0.15) is 0 Å². The number of halogens is 1. The summed E-state index contributed by atoms with van der Waals surface area (Å²) in [6.07, 6.45) is 2.57. The number of aryl methyl sites for hydroxylation is 1. The minimum absolute atomic E-state index is 0.541. The van der Waals surface area contributed by atoms with Crippen molar-refractivity contribution in [2.75, 3.05) is 0 Å². The predicted molar refractivity (Wildman–Crippen MR) is 83.4 cm³/mol. The summed E-state index contributed by atoms with van der Waals surface area (Å²) in [5.41, 5.74) is 1.92. The molecule has 0 atom stereocenters. The average molecular weight is 305 g/mol. The predicted octanol–water partition coefficient (Wildman–Crippen LogP) is 4.90. The number of carbonyl (C=O) groups is 1. The van der Waals surface area contributed by atoms with Crippen molar-refractivity contribution >= 4 is 35.4 Å². The molecule has 0 saturated carbocycles. The van der Waals surface area contributed by atoms with Crippen molar-refractivity contribution in [3.63, 3.8) is 0 Å². The maximum Gasteiger partial charge on any atom is 0.328 e. The average Bonchev–Trinajstić information content (AvgIpc) is 2.40. The minimum atomic E-state index is -0.987. The van der Waals surface area contributed by atoms with Gasteiger partial charge in [-0.25, -0.2) is 4.79 Å². The lowest BCUT2D eigenvalue weighted by atomic mass is 10.2. The lowest BCUT2D eigenvalue weighted by Crippen LogP contribution is -1.86. The first-order valence-corrected chi connectivity index (χ1v) is 7.19. The highest BCUT2D eigenvalue weighted by molar-refractivity contribution is 7.99. The second-order valence-corrected chi connectivity index (χ2v) is 5.82. The lowest BCUT2D eigenvalue weighted by Gasteiger charge is -2.05. The molecule has 0 fully saturated rings. The van der Waals surface area contributed by atoms with Gasteiger partial charge in [0, 0.05) is 20.9 Å². The van der Waals surface area contributed by atoms with Gasteiger partial charge in [0.05, 0.1) is 0 Å². The zero-order chi connectivity index (χ0) is 14.5. The molecule has 0 saturated heterocycles. The molecule has 0 aliphatic carbocycles. The van der Waals surface area contributed by atoms with E-state index in [9.17, 15) is 4.79 Å². The van der Waals surface area contributed by atoms with Gasteiger partial charge in [0.25, 0.3) is 0 Å². The van der Waals surface area contributed by atoms with Crippen LogP contribution >= 0.6 is 23.4 Å². The molecule has 1 N–H and O–H groups in total. The van der Waals surface area contributed by atoms with E-state index in [0.29, 0.717) is 10.6 Å². The Hall–Kier alpha value is -1.71. The highest BCUT2D eigenvalue weighted by atomic mass is 35.5. The molecule has 0 spiro atoms. The molecule has 0 aliphatic rings. The van der Waals surface area contributed by atoms with Crippen LogP contribution in [-0.4, -0.2) is 11.1 Å². The van der Waals surface area contributed by atoms with E-state index in [4.69, 9.17) is 16.7 Å². The molecule has 2 nitrogen and oxygen atoms in total. The standard InChI is InChI=1S/C16H13ClO2S/c1-11-2-6-13(7-3-11)20-14-8-4-12(15(17)10-14)5-9-16(18)19/h2-10H,1H3,(H,18,19)/b9-5+. The maximum atomic E-state index is 10.5. The Morgan fingerprint density at radius 1 is 1.15 bits per heavy atom. The van der Waals surface area contributed by atoms with E-state index in [2.05, 4.69) is 31.2 Å². The highest BCUT2D eigenvalue weighted by Crippen LogP contribution is 2.31. The number of carboxylic acid groups (broad SMARTS) is 1. The van der Waals surface area contributed by atoms with Crippen molar-refractivity contribution in [3.8, 4) is 0 Å². The minimum Gasteiger partial charge on any atom is -0.478 e. The second-order valence-electron chi connectivity index (χ2n) is 4.27. The zero-order valence-corrected chi connectivity index (χ0v) is 12.4. The van der Waals surface area contributed by atoms with Crippen LogP contribution in [0.3, 0.4) is 0 Å². The molecule has 0 aromatic heterocycles. The number of hydrogen-bond donors (Lipinski definition) is 1. The summed E-state index contributed by atoms with van der Waals surface area (Å²) in [4.78, 5) is 12.6. The lowest BCUT2D eigenvalue weighted by molar-refractivity contribution is -0.131. The zero-order valence-electron chi connectivity index (χ0n) is 10.8. The third-order valence-corrected chi connectivity index (χ3v) is 3.96. The molecule has 0 bridgehead atoms. The first kappa shape index (κ1) is 14.7. The van der Waals surface area contributed by atoms with Crippen molar-refractivity contribution in [2.24, 2.45) is 0 Å². The van der Waals surface area contributed by atoms with E-state index in [1.54, 1.807) is 11.8 Å². The Kier molecular flexibility index (Phi) is 4.88. The van der Waals surface area contributed by atoms with Crippen LogP contribution in [0.1, 0.15) is 11.1 Å². The van der Waals surface area contributed by atoms with Crippen LogP contribution in [0.4, 0.5) is 0 Å². The molecular formula is C16H13ClO2S. The van der Waals surface area contributed by atoms with Gasteiger partial charge in [-0.15, -0.1) is 0 Å². The molecule has 0 unspecified atom stereocenters. The van der Waals surface area contributed by atoms with Crippen molar-refractivity contribution in [3.05, 3.63) is 64.7 Å². The normalized spacial score (nSPS) is 10.9. The largest absolute Gasteiger partial charge is 0.478 e. The Bertz CT molecular complexity index is 648. The molecule has 102 valence electrons. The van der Waals surface area contributed by atoms with E-state index >= 15 is 0 Å². The van der Waals surface area contributed by atoms with Crippen LogP contribution in [0.5, 0.6) is 0 Å². The first-order chi connectivity index (χ1) is 9.54. The molecule has 2 aromatic carbocycles. The fourth-order valence-corrected chi connectivity index (χ4v) is 2.78. The molecule has 4 heteroatoms. The summed E-state index contributed by atoms with van der Waals surface area (Å²) in [5.74, 6) is -0.987. The van der Waals surface area contributed by atoms with Gasteiger partial charge in [-0.2, -0.15) is 0 Å². The van der Waals surface area contributed by atoms with E-state index in [1.165, 1.54) is 11.6 Å². The van der Waals surface area contributed by atoms with E-state index < -0.39 is 5.97 Å². The molecule has 0 radical (unpaired) electrons. The Labute approximate surface area is 127 Å². The van der Waals surface area contributed by atoms with Gasteiger partial charge in [-0.05, 0) is 42.8 Å². The Balaban J connectivity index is 2.16. The molecule has 0 aliphatic heterocycles. The van der Waals surface area contributed by atoms with E-state index in [1.807, 2.05) is 18.2 Å². The number of rotatable bonds is 4. The molecular weight excluding hydrogens is 292 g/mol. The van der Waals surface area contributed by atoms with Gasteiger partial charge >= 0.3 is 5.97 Å². The molecule has 2 aromatic rings. The summed E-state index contributed by atoms with van der Waals surface area (Å²) >= 11 is 7.77. The topological polar surface area (TPSA) is 37.3 Å². The van der Waals surface area contributed by atoms with Crippen molar-refractivity contribution in [1.29, 1.82) is 0 Å². The van der Waals surface area contributed by atoms with Gasteiger partial charge in [-0.1, -0.05) is 47.1 Å². The first-order valence-electron chi connectivity index (χ1n) is 6.00. The quantitative estimate of drug-likeness (QED) is 0.817. The maximum absolute atomic E-state index is 10.5. The number of benzene rings is 2. The van der Waals surface area contributed by atoms with Crippen LogP contribution in [0.25, 0.3) is 6.08 Å². The van der Waals surface area contributed by atoms with Gasteiger partial charge in [0.2, 0.25) is 0 Å². The van der Waals surface area contributed by atoms with Crippen LogP contribution in [-0.2, 0) is 4.79 Å². The van der Waals surface area contributed by atoms with Crippen molar-refractivity contribution in [1.82, 2.24) is 0 Å². The van der Waals surface area contributed by atoms with Crippen LogP contribution in [0.2, 0.25) is 5.02 Å². The number of hydrogen-bond acceptors (Lipinski definition) is 2. The van der Waals surface area contributed by atoms with Crippen LogP contribution < -0.4 is 0 Å². The SMILES string of the molecule is Cc1ccc(Sc2ccc(/C=C/C(=O)O)c(Cl)c2)cc1. The summed E-state index contributed by atoms with van der Waals surface area (Å²) in [6.45, 7) is 2.05. The smallest absolute Gasteiger partial charge is 0.328 e. The highest BCUT2D eigenvalue weighted by Gasteiger charge is 2.02. The van der Waals surface area contributed by atoms with E-state index in [-0.39, 0.29) is 0 Å². The molecule has 2 rings (SSSR count). The third kappa shape index (κ3) is 4.15. The monoisotopic (exact) mass is 304 g/mol. The Morgan fingerprint density at radius 3 is 2.40 bits per heavy atom. The van der Waals surface area contributed by atoms with Crippen LogP contribution in [0, 0.1) is 6.92 Å². The van der Waals surface area contributed by atoms with Gasteiger partial charge < -0.3 is 5.11 Å².